The molecule has 1 aliphatic rings. The molecule has 0 spiro atoms. The highest BCUT2D eigenvalue weighted by Gasteiger charge is 2.32. The van der Waals surface area contributed by atoms with Crippen LogP contribution in [0.5, 0.6) is 0 Å². The van der Waals surface area contributed by atoms with Gasteiger partial charge in [0.25, 0.3) is 0 Å². The Morgan fingerprint density at radius 3 is 2.94 bits per heavy atom. The van der Waals surface area contributed by atoms with E-state index in [0.717, 1.165) is 32.7 Å². The van der Waals surface area contributed by atoms with E-state index in [9.17, 15) is 0 Å². The predicted molar refractivity (Wildman–Crippen MR) is 75.9 cm³/mol. The molecule has 18 heavy (non-hydrogen) atoms. The number of ether oxygens (including phenoxy) is 1. The molecular formula is C16H25NO. The van der Waals surface area contributed by atoms with Crippen LogP contribution in [-0.2, 0) is 11.2 Å². The van der Waals surface area contributed by atoms with Gasteiger partial charge in [-0.15, -0.1) is 0 Å². The standard InChI is InChI=1S/C16H25NO/c1-3-17-12-16(8-5-9-18-13-16)11-15-7-4-6-14(2)10-15/h4,6-7,10,17H,3,5,8-9,11-13H2,1-2H3. The first-order valence-electron chi connectivity index (χ1n) is 7.08. The van der Waals surface area contributed by atoms with Crippen molar-refractivity contribution in [1.82, 2.24) is 5.32 Å². The minimum Gasteiger partial charge on any atom is -0.381 e. The number of aryl methyl sites for hydroxylation is 1. The van der Waals surface area contributed by atoms with Crippen molar-refractivity contribution < 1.29 is 4.74 Å². The van der Waals surface area contributed by atoms with Gasteiger partial charge in [0.1, 0.15) is 0 Å². The van der Waals surface area contributed by atoms with E-state index < -0.39 is 0 Å². The van der Waals surface area contributed by atoms with Gasteiger partial charge in [-0.3, -0.25) is 0 Å². The molecular weight excluding hydrogens is 222 g/mol. The van der Waals surface area contributed by atoms with Crippen LogP contribution in [0.1, 0.15) is 30.9 Å². The van der Waals surface area contributed by atoms with Crippen LogP contribution in [0.15, 0.2) is 24.3 Å². The van der Waals surface area contributed by atoms with Gasteiger partial charge in [-0.1, -0.05) is 36.8 Å². The molecule has 2 rings (SSSR count). The summed E-state index contributed by atoms with van der Waals surface area (Å²) >= 11 is 0. The second kappa shape index (κ2) is 6.35. The zero-order valence-corrected chi connectivity index (χ0v) is 11.7. The van der Waals surface area contributed by atoms with E-state index in [1.165, 1.54) is 24.0 Å². The van der Waals surface area contributed by atoms with Gasteiger partial charge >= 0.3 is 0 Å². The van der Waals surface area contributed by atoms with Gasteiger partial charge in [0.2, 0.25) is 0 Å². The van der Waals surface area contributed by atoms with Crippen LogP contribution < -0.4 is 5.32 Å². The minimum absolute atomic E-state index is 0.294. The lowest BCUT2D eigenvalue weighted by atomic mass is 9.77. The fourth-order valence-electron chi connectivity index (χ4n) is 2.90. The molecule has 1 unspecified atom stereocenters. The monoisotopic (exact) mass is 247 g/mol. The van der Waals surface area contributed by atoms with Crippen molar-refractivity contribution in [2.45, 2.75) is 33.1 Å². The van der Waals surface area contributed by atoms with Gasteiger partial charge in [-0.2, -0.15) is 0 Å². The summed E-state index contributed by atoms with van der Waals surface area (Å²) in [6, 6.07) is 8.88. The molecule has 1 aromatic rings. The Kier molecular flexibility index (Phi) is 4.79. The van der Waals surface area contributed by atoms with Crippen molar-refractivity contribution in [1.29, 1.82) is 0 Å². The topological polar surface area (TPSA) is 21.3 Å². The van der Waals surface area contributed by atoms with Crippen LogP contribution in [0.25, 0.3) is 0 Å². The van der Waals surface area contributed by atoms with Crippen molar-refractivity contribution >= 4 is 0 Å². The summed E-state index contributed by atoms with van der Waals surface area (Å²) < 4.78 is 5.74. The summed E-state index contributed by atoms with van der Waals surface area (Å²) in [4.78, 5) is 0. The van der Waals surface area contributed by atoms with E-state index in [1.807, 2.05) is 0 Å². The lowest BCUT2D eigenvalue weighted by Crippen LogP contribution is -2.42. The Balaban J connectivity index is 2.08. The van der Waals surface area contributed by atoms with Crippen LogP contribution in [0.4, 0.5) is 0 Å². The van der Waals surface area contributed by atoms with Gasteiger partial charge in [0.15, 0.2) is 0 Å². The predicted octanol–water partition coefficient (Wildman–Crippen LogP) is 2.94. The molecule has 1 aromatic carbocycles. The van der Waals surface area contributed by atoms with Gasteiger partial charge in [-0.05, 0) is 38.3 Å². The van der Waals surface area contributed by atoms with E-state index in [1.54, 1.807) is 0 Å². The molecule has 0 bridgehead atoms. The second-order valence-corrected chi connectivity index (χ2v) is 5.60. The van der Waals surface area contributed by atoms with Gasteiger partial charge in [-0.25, -0.2) is 0 Å². The Morgan fingerprint density at radius 2 is 2.28 bits per heavy atom. The van der Waals surface area contributed by atoms with E-state index in [4.69, 9.17) is 4.74 Å². The summed E-state index contributed by atoms with van der Waals surface area (Å²) in [5.41, 5.74) is 3.09. The molecule has 2 nitrogen and oxygen atoms in total. The van der Waals surface area contributed by atoms with Crippen molar-refractivity contribution in [2.24, 2.45) is 5.41 Å². The van der Waals surface area contributed by atoms with E-state index >= 15 is 0 Å². The molecule has 0 saturated carbocycles. The number of benzene rings is 1. The molecule has 0 aromatic heterocycles. The van der Waals surface area contributed by atoms with Crippen molar-refractivity contribution in [3.63, 3.8) is 0 Å². The Morgan fingerprint density at radius 1 is 1.39 bits per heavy atom. The largest absolute Gasteiger partial charge is 0.381 e. The number of hydrogen-bond acceptors (Lipinski definition) is 2. The fraction of sp³-hybridized carbons (Fsp3) is 0.625. The lowest BCUT2D eigenvalue weighted by Gasteiger charge is -2.37. The third-order valence-electron chi connectivity index (χ3n) is 3.82. The molecule has 2 heteroatoms. The molecule has 100 valence electrons. The first kappa shape index (κ1) is 13.6. The zero-order valence-electron chi connectivity index (χ0n) is 11.7. The third kappa shape index (κ3) is 3.56. The maximum atomic E-state index is 5.74. The van der Waals surface area contributed by atoms with Gasteiger partial charge in [0, 0.05) is 18.6 Å². The molecule has 1 fully saturated rings. The Hall–Kier alpha value is -0.860. The Bertz CT molecular complexity index is 369. The van der Waals surface area contributed by atoms with Crippen LogP contribution in [0, 0.1) is 12.3 Å². The van der Waals surface area contributed by atoms with Gasteiger partial charge in [0.05, 0.1) is 6.61 Å². The molecule has 1 saturated heterocycles. The Labute approximate surface area is 111 Å². The van der Waals surface area contributed by atoms with Crippen LogP contribution in [-0.4, -0.2) is 26.3 Å². The summed E-state index contributed by atoms with van der Waals surface area (Å²) in [7, 11) is 0. The average Bonchev–Trinajstić information content (AvgIpc) is 2.38. The van der Waals surface area contributed by atoms with Crippen molar-refractivity contribution in [3.05, 3.63) is 35.4 Å². The van der Waals surface area contributed by atoms with Crippen molar-refractivity contribution in [2.75, 3.05) is 26.3 Å². The first-order valence-corrected chi connectivity index (χ1v) is 7.08. The maximum absolute atomic E-state index is 5.74. The van der Waals surface area contributed by atoms with Crippen molar-refractivity contribution in [3.8, 4) is 0 Å². The van der Waals surface area contributed by atoms with Crippen LogP contribution in [0.2, 0.25) is 0 Å². The summed E-state index contributed by atoms with van der Waals surface area (Å²) in [5, 5.41) is 3.51. The van der Waals surface area contributed by atoms with Crippen LogP contribution >= 0.6 is 0 Å². The molecule has 0 amide bonds. The number of rotatable bonds is 5. The highest BCUT2D eigenvalue weighted by atomic mass is 16.5. The molecule has 0 aliphatic carbocycles. The minimum atomic E-state index is 0.294. The first-order chi connectivity index (χ1) is 8.74. The average molecular weight is 247 g/mol. The molecule has 1 aliphatic heterocycles. The lowest BCUT2D eigenvalue weighted by molar-refractivity contribution is -0.00691. The van der Waals surface area contributed by atoms with E-state index in [-0.39, 0.29) is 0 Å². The molecule has 1 N–H and O–H groups in total. The highest BCUT2D eigenvalue weighted by molar-refractivity contribution is 5.23. The number of nitrogens with one attached hydrogen (secondary N) is 1. The highest BCUT2D eigenvalue weighted by Crippen LogP contribution is 2.32. The fourth-order valence-corrected chi connectivity index (χ4v) is 2.90. The zero-order chi connectivity index (χ0) is 12.8. The normalized spacial score (nSPS) is 24.1. The summed E-state index contributed by atoms with van der Waals surface area (Å²) in [6.45, 7) is 8.27. The number of hydrogen-bond donors (Lipinski definition) is 1. The third-order valence-corrected chi connectivity index (χ3v) is 3.82. The second-order valence-electron chi connectivity index (χ2n) is 5.60. The molecule has 1 atom stereocenters. The van der Waals surface area contributed by atoms with E-state index in [2.05, 4.69) is 43.4 Å². The van der Waals surface area contributed by atoms with Crippen LogP contribution in [0.3, 0.4) is 0 Å². The molecule has 0 radical (unpaired) electrons. The smallest absolute Gasteiger partial charge is 0.0537 e. The molecule has 1 heterocycles. The van der Waals surface area contributed by atoms with Gasteiger partial charge < -0.3 is 10.1 Å². The summed E-state index contributed by atoms with van der Waals surface area (Å²) in [6.07, 6.45) is 3.59. The maximum Gasteiger partial charge on any atom is 0.0537 e. The summed E-state index contributed by atoms with van der Waals surface area (Å²) in [5.74, 6) is 0. The van der Waals surface area contributed by atoms with E-state index in [0.29, 0.717) is 5.41 Å². The quantitative estimate of drug-likeness (QED) is 0.864. The SMILES string of the molecule is CCNCC1(Cc2cccc(C)c2)CCCOC1.